The summed E-state index contributed by atoms with van der Waals surface area (Å²) < 4.78 is 20.4. The van der Waals surface area contributed by atoms with E-state index in [2.05, 4.69) is 25.7 Å². The number of rotatable bonds is 5. The summed E-state index contributed by atoms with van der Waals surface area (Å²) >= 11 is 0. The Hall–Kier alpha value is -3.69. The number of halogens is 1. The van der Waals surface area contributed by atoms with Crippen LogP contribution in [0.25, 0.3) is 0 Å². The number of nitrogens with zero attached hydrogens (tertiary/aromatic N) is 5. The number of nitrogens with one attached hydrogen (secondary N) is 1. The smallest absolute Gasteiger partial charge is 0.414 e. The Balaban J connectivity index is 1.62. The molecule has 0 unspecified atom stereocenters. The Morgan fingerprint density at radius 1 is 1.38 bits per heavy atom. The predicted molar refractivity (Wildman–Crippen MR) is 101 cm³/mol. The molecule has 1 fully saturated rings. The molecule has 0 saturated carbocycles. The lowest BCUT2D eigenvalue weighted by atomic mass is 9.87. The van der Waals surface area contributed by atoms with E-state index in [1.54, 1.807) is 30.5 Å². The first kappa shape index (κ1) is 18.7. The molecule has 0 bridgehead atoms. The van der Waals surface area contributed by atoms with Crippen molar-refractivity contribution in [1.82, 2.24) is 10.3 Å². The molecule has 2 amide bonds. The van der Waals surface area contributed by atoms with Crippen molar-refractivity contribution in [2.75, 3.05) is 18.0 Å². The third kappa shape index (κ3) is 3.44. The lowest BCUT2D eigenvalue weighted by molar-refractivity contribution is -0.119. The molecule has 1 saturated heterocycles. The van der Waals surface area contributed by atoms with E-state index in [0.717, 1.165) is 0 Å². The largest absolute Gasteiger partial charge is 0.442 e. The fourth-order valence-electron chi connectivity index (χ4n) is 3.28. The Kier molecular flexibility index (Phi) is 4.75. The van der Waals surface area contributed by atoms with Crippen molar-refractivity contribution in [2.24, 2.45) is 15.4 Å². The summed E-state index contributed by atoms with van der Waals surface area (Å²) in [5.74, 6) is -0.805. The highest BCUT2D eigenvalue weighted by atomic mass is 19.1. The number of amides is 2. The second-order valence-corrected chi connectivity index (χ2v) is 6.63. The number of carbonyl (C=O) groups excluding carboxylic acids is 2. The van der Waals surface area contributed by atoms with Crippen molar-refractivity contribution >= 4 is 23.9 Å². The van der Waals surface area contributed by atoms with E-state index in [4.69, 9.17) is 4.74 Å². The molecule has 0 spiro atoms. The fraction of sp³-hybridized carbons (Fsp3) is 0.263. The monoisotopic (exact) mass is 396 g/mol. The van der Waals surface area contributed by atoms with Crippen molar-refractivity contribution in [3.8, 4) is 0 Å². The molecule has 148 valence electrons. The van der Waals surface area contributed by atoms with Gasteiger partial charge in [0.25, 0.3) is 0 Å². The zero-order chi connectivity index (χ0) is 20.4. The topological polar surface area (TPSA) is 109 Å². The standard InChI is InChI=1S/C19H17FN6O3/c1-12(27)22-9-14-10-26(18(28)29-14)13-5-6-15(16(20)8-13)19(11-23-25-24-19)17-4-2-3-7-21-17/h2-8,11,14H,9-10H2,1H3,(H,22,27)/t14-,19-/m0/s1. The highest BCUT2D eigenvalue weighted by Gasteiger charge is 2.40. The highest BCUT2D eigenvalue weighted by Crippen LogP contribution is 2.37. The van der Waals surface area contributed by atoms with Crippen molar-refractivity contribution < 1.29 is 18.7 Å². The zero-order valence-electron chi connectivity index (χ0n) is 15.4. The Labute approximate surface area is 165 Å². The molecule has 29 heavy (non-hydrogen) atoms. The molecule has 1 aromatic carbocycles. The summed E-state index contributed by atoms with van der Waals surface area (Å²) in [5, 5.41) is 14.2. The van der Waals surface area contributed by atoms with Crippen LogP contribution in [0, 0.1) is 5.82 Å². The lowest BCUT2D eigenvalue weighted by Gasteiger charge is -2.23. The van der Waals surface area contributed by atoms with Crippen molar-refractivity contribution in [2.45, 2.75) is 18.6 Å². The minimum atomic E-state index is -1.26. The third-order valence-corrected chi connectivity index (χ3v) is 4.68. The van der Waals surface area contributed by atoms with Gasteiger partial charge in [-0.1, -0.05) is 12.1 Å². The molecule has 4 rings (SSSR count). The van der Waals surface area contributed by atoms with Crippen LogP contribution in [0.5, 0.6) is 0 Å². The van der Waals surface area contributed by atoms with Gasteiger partial charge in [-0.3, -0.25) is 14.7 Å². The summed E-state index contributed by atoms with van der Waals surface area (Å²) in [7, 11) is 0. The number of cyclic esters (lactones) is 1. The Morgan fingerprint density at radius 2 is 2.24 bits per heavy atom. The molecule has 2 aliphatic heterocycles. The number of aromatic nitrogens is 1. The number of ether oxygens (including phenoxy) is 1. The Bertz CT molecular complexity index is 998. The minimum absolute atomic E-state index is 0.192. The quantitative estimate of drug-likeness (QED) is 0.837. The van der Waals surface area contributed by atoms with Gasteiger partial charge in [0, 0.05) is 18.7 Å². The molecule has 0 aliphatic carbocycles. The van der Waals surface area contributed by atoms with Crippen LogP contribution in [0.3, 0.4) is 0 Å². The van der Waals surface area contributed by atoms with E-state index in [-0.39, 0.29) is 24.6 Å². The number of hydrogen-bond acceptors (Lipinski definition) is 7. The normalized spacial score (nSPS) is 22.8. The summed E-state index contributed by atoms with van der Waals surface area (Å²) in [6, 6.07) is 9.61. The van der Waals surface area contributed by atoms with Crippen LogP contribution < -0.4 is 10.2 Å². The van der Waals surface area contributed by atoms with Gasteiger partial charge < -0.3 is 10.1 Å². The van der Waals surface area contributed by atoms with Crippen LogP contribution in [0.2, 0.25) is 0 Å². The molecule has 10 heteroatoms. The summed E-state index contributed by atoms with van der Waals surface area (Å²) in [6.07, 6.45) is 1.90. The first-order valence-corrected chi connectivity index (χ1v) is 8.90. The van der Waals surface area contributed by atoms with Gasteiger partial charge in [0.2, 0.25) is 5.91 Å². The van der Waals surface area contributed by atoms with E-state index < -0.39 is 23.6 Å². The number of anilines is 1. The molecule has 3 heterocycles. The van der Waals surface area contributed by atoms with Gasteiger partial charge in [0.05, 0.1) is 30.7 Å². The van der Waals surface area contributed by atoms with Gasteiger partial charge in [-0.25, -0.2) is 9.18 Å². The van der Waals surface area contributed by atoms with E-state index in [9.17, 15) is 9.59 Å². The maximum atomic E-state index is 15.1. The summed E-state index contributed by atoms with van der Waals surface area (Å²) in [4.78, 5) is 28.8. The van der Waals surface area contributed by atoms with Crippen molar-refractivity contribution in [1.29, 1.82) is 0 Å². The Morgan fingerprint density at radius 3 is 2.90 bits per heavy atom. The van der Waals surface area contributed by atoms with Gasteiger partial charge in [-0.2, -0.15) is 0 Å². The van der Waals surface area contributed by atoms with Crippen LogP contribution >= 0.6 is 0 Å². The molecule has 0 radical (unpaired) electrons. The van der Waals surface area contributed by atoms with Crippen molar-refractivity contribution in [3.63, 3.8) is 0 Å². The van der Waals surface area contributed by atoms with E-state index >= 15 is 4.39 Å². The number of pyridine rings is 1. The van der Waals surface area contributed by atoms with Crippen LogP contribution in [-0.2, 0) is 15.1 Å². The van der Waals surface area contributed by atoms with Crippen LogP contribution in [-0.4, -0.2) is 42.4 Å². The number of hydrogen-bond donors (Lipinski definition) is 1. The minimum Gasteiger partial charge on any atom is -0.442 e. The predicted octanol–water partition coefficient (Wildman–Crippen LogP) is 2.38. The molecule has 2 atom stereocenters. The fourth-order valence-corrected chi connectivity index (χ4v) is 3.28. The zero-order valence-corrected chi connectivity index (χ0v) is 15.4. The first-order valence-electron chi connectivity index (χ1n) is 8.90. The SMILES string of the molecule is CC(=O)NC[C@H]1CN(c2ccc([C@]3(c4ccccn4)C=NN=N3)c(F)c2)C(=O)O1. The van der Waals surface area contributed by atoms with Gasteiger partial charge >= 0.3 is 6.09 Å². The van der Waals surface area contributed by atoms with Crippen LogP contribution in [0.15, 0.2) is 58.0 Å². The molecule has 2 aliphatic rings. The van der Waals surface area contributed by atoms with Gasteiger partial charge in [-0.15, -0.1) is 10.2 Å². The maximum absolute atomic E-state index is 15.1. The average molecular weight is 396 g/mol. The molecule has 1 N–H and O–H groups in total. The van der Waals surface area contributed by atoms with Crippen LogP contribution in [0.4, 0.5) is 14.9 Å². The molecular weight excluding hydrogens is 379 g/mol. The van der Waals surface area contributed by atoms with E-state index in [0.29, 0.717) is 11.4 Å². The first-order chi connectivity index (χ1) is 14.0. The average Bonchev–Trinajstić information content (AvgIpc) is 3.34. The second-order valence-electron chi connectivity index (χ2n) is 6.63. The summed E-state index contributed by atoms with van der Waals surface area (Å²) in [6.45, 7) is 1.77. The van der Waals surface area contributed by atoms with Gasteiger partial charge in [0.1, 0.15) is 11.9 Å². The van der Waals surface area contributed by atoms with E-state index in [1.165, 1.54) is 30.2 Å². The highest BCUT2D eigenvalue weighted by molar-refractivity contribution is 5.90. The van der Waals surface area contributed by atoms with Crippen molar-refractivity contribution in [3.05, 3.63) is 59.7 Å². The van der Waals surface area contributed by atoms with E-state index in [1.807, 2.05) is 0 Å². The molecule has 1 aromatic heterocycles. The molecular formula is C19H17FN6O3. The maximum Gasteiger partial charge on any atom is 0.414 e. The second kappa shape index (κ2) is 7.38. The lowest BCUT2D eigenvalue weighted by Crippen LogP contribution is -2.33. The number of carbonyl (C=O) groups is 2. The molecule has 2 aromatic rings. The third-order valence-electron chi connectivity index (χ3n) is 4.68. The summed E-state index contributed by atoms with van der Waals surface area (Å²) in [5.41, 5.74) is -0.229. The molecule has 9 nitrogen and oxygen atoms in total. The van der Waals surface area contributed by atoms with Crippen LogP contribution in [0.1, 0.15) is 18.2 Å². The van der Waals surface area contributed by atoms with Gasteiger partial charge in [0.15, 0.2) is 5.54 Å². The van der Waals surface area contributed by atoms with Gasteiger partial charge in [-0.05, 0) is 29.5 Å². The number of benzene rings is 1.